The molecule has 4 rings (SSSR count). The fourth-order valence-electron chi connectivity index (χ4n) is 3.56. The molecule has 2 fully saturated rings. The first-order valence-electron chi connectivity index (χ1n) is 8.62. The van der Waals surface area contributed by atoms with Crippen LogP contribution in [0.5, 0.6) is 0 Å². The summed E-state index contributed by atoms with van der Waals surface area (Å²) in [6, 6.07) is 13.4. The lowest BCUT2D eigenvalue weighted by molar-refractivity contribution is -0.143. The van der Waals surface area contributed by atoms with Gasteiger partial charge in [-0.15, -0.1) is 11.3 Å². The zero-order valence-electron chi connectivity index (χ0n) is 14.0. The molecule has 0 spiro atoms. The molecule has 3 heterocycles. The molecule has 3 atom stereocenters. The molecule has 130 valence electrons. The molecule has 0 N–H and O–H groups in total. The molecule has 0 bridgehead atoms. The summed E-state index contributed by atoms with van der Waals surface area (Å²) in [5.41, 5.74) is 0.857. The summed E-state index contributed by atoms with van der Waals surface area (Å²) in [6.45, 7) is 2.53. The van der Waals surface area contributed by atoms with Crippen molar-refractivity contribution in [2.24, 2.45) is 5.92 Å². The Labute approximate surface area is 150 Å². The summed E-state index contributed by atoms with van der Waals surface area (Å²) >= 11 is 1.59. The number of unbranched alkanes of at least 4 members (excludes halogenated alkanes) is 1. The Kier molecular flexibility index (Phi) is 4.31. The van der Waals surface area contributed by atoms with E-state index >= 15 is 0 Å². The van der Waals surface area contributed by atoms with E-state index in [2.05, 4.69) is 0 Å². The fraction of sp³-hybridized carbons (Fsp3) is 0.368. The van der Waals surface area contributed by atoms with Crippen LogP contribution in [-0.4, -0.2) is 29.4 Å². The Bertz CT molecular complexity index is 762. The third kappa shape index (κ3) is 2.65. The van der Waals surface area contributed by atoms with Crippen molar-refractivity contribution in [1.29, 1.82) is 0 Å². The van der Waals surface area contributed by atoms with E-state index in [1.165, 1.54) is 4.90 Å². The Morgan fingerprint density at radius 2 is 1.88 bits per heavy atom. The number of anilines is 1. The summed E-state index contributed by atoms with van der Waals surface area (Å²) in [6.07, 6.45) is 1.04. The van der Waals surface area contributed by atoms with E-state index in [0.717, 1.165) is 23.4 Å². The van der Waals surface area contributed by atoms with Crippen LogP contribution >= 0.6 is 11.3 Å². The standard InChI is InChI=1S/C19H20N2O3S/c1-2-3-11-20-18(22)15-16(14-10-7-12-25-14)21(24-17(15)19(20)23)13-8-5-4-6-9-13/h4-10,12,15-17H,2-3,11H2,1H3/t15-,16-,17+/m0/s1. The molecule has 2 aliphatic heterocycles. The minimum Gasteiger partial charge on any atom is -0.280 e. The molecule has 5 nitrogen and oxygen atoms in total. The first-order valence-corrected chi connectivity index (χ1v) is 9.50. The Morgan fingerprint density at radius 3 is 2.56 bits per heavy atom. The SMILES string of the molecule is CCCCN1C(=O)[C@@H]2[C@@H](ON(c3ccccc3)[C@H]2c2cccs2)C1=O. The van der Waals surface area contributed by atoms with Gasteiger partial charge in [0.2, 0.25) is 5.91 Å². The number of carbonyl (C=O) groups is 2. The van der Waals surface area contributed by atoms with E-state index in [9.17, 15) is 9.59 Å². The van der Waals surface area contributed by atoms with E-state index in [4.69, 9.17) is 4.84 Å². The zero-order chi connectivity index (χ0) is 17.4. The number of hydroxylamine groups is 1. The number of hydrogen-bond donors (Lipinski definition) is 0. The lowest BCUT2D eigenvalue weighted by Crippen LogP contribution is -2.37. The number of thiophene rings is 1. The zero-order valence-corrected chi connectivity index (χ0v) is 14.8. The van der Waals surface area contributed by atoms with Crippen molar-refractivity contribution in [2.75, 3.05) is 11.6 Å². The first-order chi connectivity index (χ1) is 12.2. The number of para-hydroxylation sites is 1. The van der Waals surface area contributed by atoms with Gasteiger partial charge in [-0.3, -0.25) is 19.3 Å². The predicted octanol–water partition coefficient (Wildman–Crippen LogP) is 3.39. The van der Waals surface area contributed by atoms with Crippen LogP contribution < -0.4 is 5.06 Å². The van der Waals surface area contributed by atoms with Crippen LogP contribution in [0.15, 0.2) is 47.8 Å². The van der Waals surface area contributed by atoms with Crippen LogP contribution in [0.4, 0.5) is 5.69 Å². The van der Waals surface area contributed by atoms with Gasteiger partial charge in [0.05, 0.1) is 5.69 Å². The number of fused-ring (bicyclic) bond motifs is 1. The van der Waals surface area contributed by atoms with Crippen molar-refractivity contribution < 1.29 is 14.4 Å². The van der Waals surface area contributed by atoms with Crippen LogP contribution in [0.25, 0.3) is 0 Å². The third-order valence-corrected chi connectivity index (χ3v) is 5.73. The highest BCUT2D eigenvalue weighted by Crippen LogP contribution is 2.47. The molecule has 0 saturated carbocycles. The fourth-order valence-corrected chi connectivity index (χ4v) is 4.41. The van der Waals surface area contributed by atoms with E-state index in [-0.39, 0.29) is 17.9 Å². The molecule has 1 aromatic heterocycles. The van der Waals surface area contributed by atoms with Gasteiger partial charge >= 0.3 is 0 Å². The van der Waals surface area contributed by atoms with Crippen molar-refractivity contribution in [1.82, 2.24) is 4.90 Å². The molecule has 6 heteroatoms. The van der Waals surface area contributed by atoms with Gasteiger partial charge in [-0.1, -0.05) is 37.6 Å². The van der Waals surface area contributed by atoms with Gasteiger partial charge in [0.25, 0.3) is 5.91 Å². The molecule has 0 radical (unpaired) electrons. The summed E-state index contributed by atoms with van der Waals surface area (Å²) in [5, 5.41) is 3.73. The summed E-state index contributed by atoms with van der Waals surface area (Å²) in [5.74, 6) is -0.799. The lowest BCUT2D eigenvalue weighted by atomic mass is 9.95. The van der Waals surface area contributed by atoms with Gasteiger partial charge in [0.15, 0.2) is 6.10 Å². The number of benzene rings is 1. The average Bonchev–Trinajstić information content (AvgIpc) is 3.33. The van der Waals surface area contributed by atoms with Crippen molar-refractivity contribution in [3.05, 3.63) is 52.7 Å². The lowest BCUT2D eigenvalue weighted by Gasteiger charge is -2.27. The number of carbonyl (C=O) groups excluding carboxylic acids is 2. The molecule has 2 aliphatic rings. The molecular formula is C19H20N2O3S. The van der Waals surface area contributed by atoms with Crippen molar-refractivity contribution in [2.45, 2.75) is 31.9 Å². The van der Waals surface area contributed by atoms with E-state index in [0.29, 0.717) is 6.54 Å². The quantitative estimate of drug-likeness (QED) is 0.771. The number of hydrogen-bond acceptors (Lipinski definition) is 5. The van der Waals surface area contributed by atoms with Gasteiger partial charge in [0, 0.05) is 11.4 Å². The van der Waals surface area contributed by atoms with E-state index in [1.807, 2.05) is 54.8 Å². The Balaban J connectivity index is 1.71. The van der Waals surface area contributed by atoms with Crippen LogP contribution in [0.1, 0.15) is 30.7 Å². The maximum absolute atomic E-state index is 13.0. The monoisotopic (exact) mass is 356 g/mol. The second kappa shape index (κ2) is 6.61. The number of imide groups is 1. The molecule has 2 amide bonds. The largest absolute Gasteiger partial charge is 0.280 e. The van der Waals surface area contributed by atoms with Crippen LogP contribution in [0.2, 0.25) is 0 Å². The van der Waals surface area contributed by atoms with Crippen LogP contribution in [0.3, 0.4) is 0 Å². The molecular weight excluding hydrogens is 336 g/mol. The first kappa shape index (κ1) is 16.3. The van der Waals surface area contributed by atoms with Crippen molar-refractivity contribution >= 4 is 28.8 Å². The van der Waals surface area contributed by atoms with Gasteiger partial charge in [-0.05, 0) is 30.0 Å². The number of likely N-dealkylation sites (tertiary alicyclic amines) is 1. The highest BCUT2D eigenvalue weighted by molar-refractivity contribution is 7.10. The summed E-state index contributed by atoms with van der Waals surface area (Å²) < 4.78 is 0. The van der Waals surface area contributed by atoms with Gasteiger partial charge in [0.1, 0.15) is 12.0 Å². The van der Waals surface area contributed by atoms with E-state index in [1.54, 1.807) is 16.4 Å². The molecule has 2 aromatic rings. The van der Waals surface area contributed by atoms with Crippen LogP contribution in [0, 0.1) is 5.92 Å². The molecule has 25 heavy (non-hydrogen) atoms. The maximum Gasteiger partial charge on any atom is 0.261 e. The molecule has 1 aromatic carbocycles. The van der Waals surface area contributed by atoms with Crippen LogP contribution in [-0.2, 0) is 14.4 Å². The molecule has 0 unspecified atom stereocenters. The normalized spacial score (nSPS) is 25.7. The Morgan fingerprint density at radius 1 is 1.08 bits per heavy atom. The predicted molar refractivity (Wildman–Crippen MR) is 96.0 cm³/mol. The number of rotatable bonds is 5. The minimum atomic E-state index is -0.725. The highest BCUT2D eigenvalue weighted by Gasteiger charge is 2.59. The Hall–Kier alpha value is -2.18. The topological polar surface area (TPSA) is 49.9 Å². The van der Waals surface area contributed by atoms with Gasteiger partial charge < -0.3 is 0 Å². The summed E-state index contributed by atoms with van der Waals surface area (Å²) in [4.78, 5) is 34.2. The van der Waals surface area contributed by atoms with E-state index < -0.39 is 12.0 Å². The second-order valence-corrected chi connectivity index (χ2v) is 7.33. The smallest absolute Gasteiger partial charge is 0.261 e. The minimum absolute atomic E-state index is 0.111. The van der Waals surface area contributed by atoms with Crippen molar-refractivity contribution in [3.63, 3.8) is 0 Å². The van der Waals surface area contributed by atoms with Crippen molar-refractivity contribution in [3.8, 4) is 0 Å². The number of nitrogens with zero attached hydrogens (tertiary/aromatic N) is 2. The number of amides is 2. The average molecular weight is 356 g/mol. The molecule has 0 aliphatic carbocycles. The second-order valence-electron chi connectivity index (χ2n) is 6.36. The van der Waals surface area contributed by atoms with Gasteiger partial charge in [-0.2, -0.15) is 0 Å². The third-order valence-electron chi connectivity index (χ3n) is 4.79. The molecule has 2 saturated heterocycles. The highest BCUT2D eigenvalue weighted by atomic mass is 32.1. The van der Waals surface area contributed by atoms with Gasteiger partial charge in [-0.25, -0.2) is 5.06 Å². The summed E-state index contributed by atoms with van der Waals surface area (Å²) in [7, 11) is 0. The maximum atomic E-state index is 13.0.